The van der Waals surface area contributed by atoms with E-state index in [4.69, 9.17) is 4.74 Å². The topological polar surface area (TPSA) is 120 Å². The molecule has 1 aliphatic heterocycles. The molecule has 2 N–H and O–H groups in total. The molecule has 0 aromatic heterocycles. The second-order valence-electron chi connectivity index (χ2n) is 17.1. The summed E-state index contributed by atoms with van der Waals surface area (Å²) >= 11 is 0. The molecule has 8 atom stereocenters. The number of ether oxygens (including phenoxy) is 1. The first-order valence-electron chi connectivity index (χ1n) is 17.2. The molecule has 0 aromatic carbocycles. The van der Waals surface area contributed by atoms with Crippen molar-refractivity contribution in [1.29, 1.82) is 5.26 Å². The van der Waals surface area contributed by atoms with Crippen LogP contribution in [0.25, 0.3) is 0 Å². The quantitative estimate of drug-likeness (QED) is 0.465. The minimum absolute atomic E-state index is 0.00989. The number of carbonyl (C=O) groups excluding carboxylic acids is 3. The third kappa shape index (κ3) is 4.29. The highest BCUT2D eigenvalue weighted by molar-refractivity contribution is 6.05. The van der Waals surface area contributed by atoms with Crippen molar-refractivity contribution in [2.45, 2.75) is 99.0 Å². The third-order valence-corrected chi connectivity index (χ3v) is 14.6. The van der Waals surface area contributed by atoms with Crippen LogP contribution in [0.5, 0.6) is 0 Å². The van der Waals surface area contributed by atoms with Gasteiger partial charge >= 0.3 is 0 Å². The molecule has 0 unspecified atom stereocenters. The molecule has 0 aromatic rings. The first-order valence-corrected chi connectivity index (χ1v) is 17.2. The van der Waals surface area contributed by atoms with Crippen LogP contribution in [0.1, 0.15) is 93.4 Å². The molecule has 4 fully saturated rings. The Bertz CT molecular complexity index is 1420. The van der Waals surface area contributed by atoms with Gasteiger partial charge in [-0.05, 0) is 73.3 Å². The van der Waals surface area contributed by atoms with Gasteiger partial charge in [-0.2, -0.15) is 5.26 Å². The molecule has 6 rings (SSSR count). The summed E-state index contributed by atoms with van der Waals surface area (Å²) in [6, 6.07) is 2.16. The van der Waals surface area contributed by atoms with Crippen molar-refractivity contribution in [2.75, 3.05) is 39.4 Å². The molecule has 0 radical (unpaired) electrons. The fourth-order valence-electron chi connectivity index (χ4n) is 11.3. The van der Waals surface area contributed by atoms with Crippen molar-refractivity contribution < 1.29 is 24.2 Å². The number of Topliss-reactive ketones (excluding diaryl/α,β-unsaturated/α-hetero) is 1. The van der Waals surface area contributed by atoms with Gasteiger partial charge in [0, 0.05) is 53.8 Å². The molecule has 246 valence electrons. The van der Waals surface area contributed by atoms with Gasteiger partial charge in [-0.15, -0.1) is 0 Å². The molecule has 1 saturated heterocycles. The maximum Gasteiger partial charge on any atom is 0.225 e. The van der Waals surface area contributed by atoms with Gasteiger partial charge in [0.15, 0.2) is 11.6 Å². The lowest BCUT2D eigenvalue weighted by Crippen LogP contribution is -2.74. The minimum Gasteiger partial charge on any atom is -0.381 e. The highest BCUT2D eigenvalue weighted by Crippen LogP contribution is 2.75. The maximum atomic E-state index is 14.7. The molecule has 0 spiro atoms. The third-order valence-electron chi connectivity index (χ3n) is 14.6. The lowest BCUT2D eigenvalue weighted by molar-refractivity contribution is -0.242. The van der Waals surface area contributed by atoms with Crippen molar-refractivity contribution in [3.63, 3.8) is 0 Å². The van der Waals surface area contributed by atoms with Gasteiger partial charge in [0.05, 0.1) is 18.8 Å². The summed E-state index contributed by atoms with van der Waals surface area (Å²) in [6.07, 6.45) is 8.63. The van der Waals surface area contributed by atoms with E-state index in [0.717, 1.165) is 70.5 Å². The van der Waals surface area contributed by atoms with Crippen LogP contribution < -0.4 is 5.32 Å². The Morgan fingerprint density at radius 2 is 1.69 bits per heavy atom. The highest BCUT2D eigenvalue weighted by atomic mass is 16.5. The van der Waals surface area contributed by atoms with Gasteiger partial charge in [-0.25, -0.2) is 0 Å². The predicted octanol–water partition coefficient (Wildman–Crippen LogP) is 4.77. The molecule has 1 heterocycles. The number of morpholine rings is 1. The molecule has 0 bridgehead atoms. The maximum absolute atomic E-state index is 14.7. The molecular weight excluding hydrogens is 566 g/mol. The smallest absolute Gasteiger partial charge is 0.225 e. The van der Waals surface area contributed by atoms with Gasteiger partial charge < -0.3 is 15.2 Å². The van der Waals surface area contributed by atoms with Crippen molar-refractivity contribution in [3.8, 4) is 6.07 Å². The average molecular weight is 620 g/mol. The number of nitriles is 1. The van der Waals surface area contributed by atoms with Crippen LogP contribution in [0.15, 0.2) is 23.3 Å². The summed E-state index contributed by atoms with van der Waals surface area (Å²) in [7, 11) is 0. The molecule has 45 heavy (non-hydrogen) atoms. The summed E-state index contributed by atoms with van der Waals surface area (Å²) in [5.41, 5.74) is -4.12. The van der Waals surface area contributed by atoms with E-state index in [1.165, 1.54) is 0 Å². The molecular formula is C37H53N3O5. The number of nitrogens with one attached hydrogen (secondary N) is 1. The van der Waals surface area contributed by atoms with E-state index in [0.29, 0.717) is 19.4 Å². The van der Waals surface area contributed by atoms with Gasteiger partial charge in [0.25, 0.3) is 0 Å². The van der Waals surface area contributed by atoms with Crippen molar-refractivity contribution in [2.24, 2.45) is 44.3 Å². The molecule has 8 nitrogen and oxygen atoms in total. The van der Waals surface area contributed by atoms with Crippen molar-refractivity contribution in [3.05, 3.63) is 23.3 Å². The Balaban J connectivity index is 1.35. The lowest BCUT2D eigenvalue weighted by atomic mass is 9.33. The number of aliphatic hydroxyl groups is 1. The number of ketones is 2. The van der Waals surface area contributed by atoms with Crippen LogP contribution in [-0.2, 0) is 19.1 Å². The summed E-state index contributed by atoms with van der Waals surface area (Å²) in [5, 5.41) is 26.3. The van der Waals surface area contributed by atoms with E-state index in [1.807, 2.05) is 26.8 Å². The van der Waals surface area contributed by atoms with E-state index in [9.17, 15) is 24.8 Å². The van der Waals surface area contributed by atoms with Crippen LogP contribution in [0.4, 0.5) is 0 Å². The summed E-state index contributed by atoms with van der Waals surface area (Å²) < 4.78 is 5.45. The summed E-state index contributed by atoms with van der Waals surface area (Å²) in [5.74, 6) is -0.802. The number of carbonyl (C=O) groups is 3. The molecule has 8 heteroatoms. The van der Waals surface area contributed by atoms with E-state index in [2.05, 4.69) is 44.0 Å². The van der Waals surface area contributed by atoms with Crippen LogP contribution >= 0.6 is 0 Å². The second-order valence-corrected chi connectivity index (χ2v) is 17.1. The second kappa shape index (κ2) is 10.3. The number of hydrogen-bond acceptors (Lipinski definition) is 7. The fourth-order valence-corrected chi connectivity index (χ4v) is 11.3. The van der Waals surface area contributed by atoms with Gasteiger partial charge in [0.2, 0.25) is 5.91 Å². The first kappa shape index (κ1) is 32.6. The van der Waals surface area contributed by atoms with Crippen LogP contribution in [0, 0.1) is 55.7 Å². The summed E-state index contributed by atoms with van der Waals surface area (Å²) in [4.78, 5) is 44.1. The zero-order chi connectivity index (χ0) is 32.8. The van der Waals surface area contributed by atoms with E-state index < -0.39 is 32.7 Å². The molecule has 5 aliphatic carbocycles. The highest BCUT2D eigenvalue weighted by Gasteiger charge is 2.75. The minimum atomic E-state index is -1.63. The number of allylic oxidation sites excluding steroid dienone is 3. The van der Waals surface area contributed by atoms with Gasteiger partial charge in [0.1, 0.15) is 11.7 Å². The van der Waals surface area contributed by atoms with Crippen LogP contribution in [-0.4, -0.2) is 72.5 Å². The van der Waals surface area contributed by atoms with E-state index >= 15 is 0 Å². The Hall–Kier alpha value is -2.34. The SMILES string of the molecule is CC1(C)C(=O)C(C#N)=C[C@]2(C)C3=CC(=O)[C@]4(O)[C@@H]5C[C@@](C)(C(=O)NCCN6CCOCC6)CC[C@]5(C)CC[C@@]4(C)[C@]3(C)CC[C@@H]12. The van der Waals surface area contributed by atoms with Crippen molar-refractivity contribution in [1.82, 2.24) is 10.2 Å². The number of nitrogens with zero attached hydrogens (tertiary/aromatic N) is 2. The zero-order valence-corrected chi connectivity index (χ0v) is 28.5. The standard InChI is InChI=1S/C37H53N3O5/c1-31(2)25-8-9-35(6)26(34(25,5)21-24(23-38)29(31)42)20-28(41)37(44)27-22-33(4,11-10-32(27,3)12-13-36(35,37)7)30(43)39-14-15-40-16-18-45-19-17-40/h20-21,25,27,44H,8-19,22H2,1-7H3,(H,39,43)/t25-,27+,32+,33-,34-,35+,36-,37+/m0/s1. The largest absolute Gasteiger partial charge is 0.381 e. The number of amides is 1. The van der Waals surface area contributed by atoms with E-state index in [1.54, 1.807) is 6.08 Å². The predicted molar refractivity (Wildman–Crippen MR) is 171 cm³/mol. The van der Waals surface area contributed by atoms with Crippen LogP contribution in [0.3, 0.4) is 0 Å². The Kier molecular flexibility index (Phi) is 7.48. The van der Waals surface area contributed by atoms with Crippen LogP contribution in [0.2, 0.25) is 0 Å². The monoisotopic (exact) mass is 619 g/mol. The average Bonchev–Trinajstić information content (AvgIpc) is 3.00. The van der Waals surface area contributed by atoms with E-state index in [-0.39, 0.29) is 40.3 Å². The number of hydrogen-bond donors (Lipinski definition) is 2. The Morgan fingerprint density at radius 3 is 2.36 bits per heavy atom. The lowest BCUT2D eigenvalue weighted by Gasteiger charge is -2.71. The van der Waals surface area contributed by atoms with Crippen molar-refractivity contribution >= 4 is 17.5 Å². The first-order chi connectivity index (χ1) is 20.9. The Labute approximate surface area is 269 Å². The van der Waals surface area contributed by atoms with Gasteiger partial charge in [-0.1, -0.05) is 54.5 Å². The normalized spacial score (nSPS) is 45.9. The number of fused-ring (bicyclic) bond motifs is 7. The molecule has 6 aliphatic rings. The Morgan fingerprint density at radius 1 is 1.02 bits per heavy atom. The zero-order valence-electron chi connectivity index (χ0n) is 28.5. The fraction of sp³-hybridized carbons (Fsp3) is 0.784. The molecule has 1 amide bonds. The number of rotatable bonds is 4. The van der Waals surface area contributed by atoms with Gasteiger partial charge in [-0.3, -0.25) is 19.3 Å². The summed E-state index contributed by atoms with van der Waals surface area (Å²) in [6.45, 7) is 19.1. The molecule has 3 saturated carbocycles.